The van der Waals surface area contributed by atoms with Gasteiger partial charge in [-0.3, -0.25) is 4.79 Å². The Bertz CT molecular complexity index is 830. The highest BCUT2D eigenvalue weighted by Gasteiger charge is 2.22. The second-order valence-electron chi connectivity index (χ2n) is 6.17. The minimum absolute atomic E-state index is 0.0208. The van der Waals surface area contributed by atoms with Gasteiger partial charge >= 0.3 is 6.03 Å². The molecule has 1 fully saturated rings. The number of benzene rings is 1. The third kappa shape index (κ3) is 5.29. The van der Waals surface area contributed by atoms with Crippen molar-refractivity contribution in [1.29, 1.82) is 0 Å². The number of carbonyl (C=O) groups is 2. The van der Waals surface area contributed by atoms with Crippen LogP contribution in [0.25, 0.3) is 0 Å². The van der Waals surface area contributed by atoms with Crippen molar-refractivity contribution >= 4 is 35.2 Å². The number of carbonyl (C=O) groups excluding carboxylic acids is 2. The summed E-state index contributed by atoms with van der Waals surface area (Å²) in [6.45, 7) is 2.60. The van der Waals surface area contributed by atoms with Crippen molar-refractivity contribution < 1.29 is 14.0 Å². The van der Waals surface area contributed by atoms with Gasteiger partial charge in [-0.1, -0.05) is 11.6 Å². The van der Waals surface area contributed by atoms with E-state index in [1.165, 1.54) is 12.1 Å². The van der Waals surface area contributed by atoms with Crippen molar-refractivity contribution in [3.05, 3.63) is 47.5 Å². The van der Waals surface area contributed by atoms with E-state index < -0.39 is 11.8 Å². The van der Waals surface area contributed by atoms with Gasteiger partial charge in [0.2, 0.25) is 11.9 Å². The van der Waals surface area contributed by atoms with E-state index in [1.54, 1.807) is 23.4 Å². The Morgan fingerprint density at radius 3 is 2.54 bits per heavy atom. The number of nitrogens with zero attached hydrogens (tertiary/aromatic N) is 4. The summed E-state index contributed by atoms with van der Waals surface area (Å²) in [6, 6.07) is 5.14. The van der Waals surface area contributed by atoms with Gasteiger partial charge in [0.05, 0.1) is 5.69 Å². The zero-order valence-corrected chi connectivity index (χ0v) is 15.8. The van der Waals surface area contributed by atoms with E-state index in [4.69, 9.17) is 11.6 Å². The summed E-state index contributed by atoms with van der Waals surface area (Å²) in [7, 11) is 0. The molecule has 1 aromatic heterocycles. The molecule has 0 atom stereocenters. The van der Waals surface area contributed by atoms with Crippen molar-refractivity contribution in [1.82, 2.24) is 20.2 Å². The molecule has 3 amide bonds. The topological polar surface area (TPSA) is 90.5 Å². The van der Waals surface area contributed by atoms with Crippen molar-refractivity contribution in [2.24, 2.45) is 0 Å². The van der Waals surface area contributed by atoms with E-state index >= 15 is 0 Å². The number of urea groups is 1. The molecule has 2 aromatic rings. The highest BCUT2D eigenvalue weighted by molar-refractivity contribution is 6.30. The van der Waals surface area contributed by atoms with Crippen LogP contribution in [0.4, 0.5) is 20.8 Å². The van der Waals surface area contributed by atoms with Crippen LogP contribution in [0.2, 0.25) is 5.02 Å². The summed E-state index contributed by atoms with van der Waals surface area (Å²) in [4.78, 5) is 36.3. The maximum atomic E-state index is 13.7. The van der Waals surface area contributed by atoms with Gasteiger partial charge in [-0.2, -0.15) is 0 Å². The van der Waals surface area contributed by atoms with E-state index in [0.717, 1.165) is 6.07 Å². The van der Waals surface area contributed by atoms with E-state index in [1.807, 2.05) is 4.90 Å². The quantitative estimate of drug-likeness (QED) is 0.793. The maximum Gasteiger partial charge on any atom is 0.319 e. The van der Waals surface area contributed by atoms with Gasteiger partial charge in [0.25, 0.3) is 0 Å². The summed E-state index contributed by atoms with van der Waals surface area (Å²) in [6.07, 6.45) is 3.54. The van der Waals surface area contributed by atoms with Gasteiger partial charge in [0, 0.05) is 56.6 Å². The third-order valence-electron chi connectivity index (χ3n) is 4.27. The van der Waals surface area contributed by atoms with Crippen molar-refractivity contribution in [3.8, 4) is 0 Å². The fourth-order valence-corrected chi connectivity index (χ4v) is 2.97. The minimum atomic E-state index is -0.626. The number of hydrogen-bond acceptors (Lipinski definition) is 5. The minimum Gasteiger partial charge on any atom is -0.339 e. The Morgan fingerprint density at radius 1 is 1.14 bits per heavy atom. The number of nitrogens with one attached hydrogen (secondary N) is 2. The molecular weight excluding hydrogens is 387 g/mol. The van der Waals surface area contributed by atoms with Crippen LogP contribution in [0, 0.1) is 5.82 Å². The molecule has 1 aromatic carbocycles. The predicted molar refractivity (Wildman–Crippen MR) is 104 cm³/mol. The average Bonchev–Trinajstić information content (AvgIpc) is 2.71. The second-order valence-corrected chi connectivity index (χ2v) is 6.61. The lowest BCUT2D eigenvalue weighted by molar-refractivity contribution is -0.131. The predicted octanol–water partition coefficient (Wildman–Crippen LogP) is 2.13. The van der Waals surface area contributed by atoms with Gasteiger partial charge in [0.1, 0.15) is 5.82 Å². The van der Waals surface area contributed by atoms with Gasteiger partial charge in [-0.05, 0) is 24.3 Å². The Morgan fingerprint density at radius 2 is 1.86 bits per heavy atom. The van der Waals surface area contributed by atoms with E-state index in [9.17, 15) is 14.0 Å². The first-order chi connectivity index (χ1) is 13.5. The molecule has 8 nitrogen and oxygen atoms in total. The summed E-state index contributed by atoms with van der Waals surface area (Å²) in [5, 5.41) is 5.18. The fourth-order valence-electron chi connectivity index (χ4n) is 2.81. The molecule has 0 saturated carbocycles. The lowest BCUT2D eigenvalue weighted by atomic mass is 10.3. The van der Waals surface area contributed by atoms with Crippen LogP contribution in [-0.4, -0.2) is 59.5 Å². The number of amides is 3. The summed E-state index contributed by atoms with van der Waals surface area (Å²) >= 11 is 5.67. The van der Waals surface area contributed by atoms with E-state index in [2.05, 4.69) is 20.6 Å². The number of halogens is 2. The molecule has 0 unspecified atom stereocenters. The first-order valence-corrected chi connectivity index (χ1v) is 9.20. The summed E-state index contributed by atoms with van der Waals surface area (Å²) < 4.78 is 13.7. The largest absolute Gasteiger partial charge is 0.339 e. The van der Waals surface area contributed by atoms with Crippen molar-refractivity contribution in [2.75, 3.05) is 42.9 Å². The molecule has 0 spiro atoms. The molecule has 0 aliphatic carbocycles. The first-order valence-electron chi connectivity index (χ1n) is 8.82. The number of hydrogen-bond donors (Lipinski definition) is 2. The highest BCUT2D eigenvalue weighted by Crippen LogP contribution is 2.18. The number of piperazine rings is 1. The van der Waals surface area contributed by atoms with Crippen LogP contribution in [0.3, 0.4) is 0 Å². The molecule has 3 rings (SSSR count). The molecule has 2 heterocycles. The molecule has 10 heteroatoms. The standard InChI is InChI=1S/C18H20ClFN6O2/c19-13-2-3-15(14(20)12-13)24-18(28)23-7-4-16(27)25-8-10-26(11-9-25)17-21-5-1-6-22-17/h1-3,5-6,12H,4,7-11H2,(H2,23,24,28). The number of rotatable bonds is 5. The Balaban J connectivity index is 1.38. The summed E-state index contributed by atoms with van der Waals surface area (Å²) in [5.74, 6) is -0.0204. The second kappa shape index (κ2) is 9.32. The number of aromatic nitrogens is 2. The Hall–Kier alpha value is -2.94. The van der Waals surface area contributed by atoms with Crippen LogP contribution in [0.5, 0.6) is 0 Å². The van der Waals surface area contributed by atoms with Gasteiger partial charge in [-0.15, -0.1) is 0 Å². The fraction of sp³-hybridized carbons (Fsp3) is 0.333. The molecule has 1 saturated heterocycles. The molecule has 2 N–H and O–H groups in total. The van der Waals surface area contributed by atoms with E-state index in [0.29, 0.717) is 32.1 Å². The maximum absolute atomic E-state index is 13.7. The highest BCUT2D eigenvalue weighted by atomic mass is 35.5. The van der Waals surface area contributed by atoms with Crippen LogP contribution < -0.4 is 15.5 Å². The van der Waals surface area contributed by atoms with Crippen LogP contribution in [-0.2, 0) is 4.79 Å². The zero-order chi connectivity index (χ0) is 19.9. The van der Waals surface area contributed by atoms with Crippen molar-refractivity contribution in [3.63, 3.8) is 0 Å². The first kappa shape index (κ1) is 19.8. The van der Waals surface area contributed by atoms with Crippen molar-refractivity contribution in [2.45, 2.75) is 6.42 Å². The third-order valence-corrected chi connectivity index (χ3v) is 4.51. The molecule has 0 radical (unpaired) electrons. The molecule has 28 heavy (non-hydrogen) atoms. The molecule has 0 bridgehead atoms. The lowest BCUT2D eigenvalue weighted by Gasteiger charge is -2.34. The van der Waals surface area contributed by atoms with E-state index in [-0.39, 0.29) is 29.6 Å². The summed E-state index contributed by atoms with van der Waals surface area (Å²) in [5.41, 5.74) is 0.0208. The number of anilines is 2. The Labute approximate surface area is 166 Å². The zero-order valence-electron chi connectivity index (χ0n) is 15.1. The van der Waals surface area contributed by atoms with Gasteiger partial charge in [-0.25, -0.2) is 19.2 Å². The molecule has 1 aliphatic rings. The van der Waals surface area contributed by atoms with Crippen LogP contribution in [0.15, 0.2) is 36.7 Å². The Kier molecular flexibility index (Phi) is 6.59. The van der Waals surface area contributed by atoms with Gasteiger partial charge in [0.15, 0.2) is 0 Å². The lowest BCUT2D eigenvalue weighted by Crippen LogP contribution is -2.49. The monoisotopic (exact) mass is 406 g/mol. The molecular formula is C18H20ClFN6O2. The molecule has 148 valence electrons. The molecule has 1 aliphatic heterocycles. The normalized spacial score (nSPS) is 13.9. The van der Waals surface area contributed by atoms with Crippen LogP contribution >= 0.6 is 11.6 Å². The average molecular weight is 407 g/mol. The van der Waals surface area contributed by atoms with Gasteiger partial charge < -0.3 is 20.4 Å². The SMILES string of the molecule is O=C(NCCC(=O)N1CCN(c2ncccn2)CC1)Nc1ccc(Cl)cc1F. The van der Waals surface area contributed by atoms with Crippen LogP contribution in [0.1, 0.15) is 6.42 Å². The smallest absolute Gasteiger partial charge is 0.319 e.